The maximum Gasteiger partial charge on any atom is 0.501 e. The van der Waals surface area contributed by atoms with Gasteiger partial charge in [0.2, 0.25) is 6.29 Å². The lowest BCUT2D eigenvalue weighted by molar-refractivity contribution is -0.277. The number of hydrogen-bond acceptors (Lipinski definition) is 14. The van der Waals surface area contributed by atoms with Crippen LogP contribution in [0.25, 0.3) is 0 Å². The van der Waals surface area contributed by atoms with Crippen molar-refractivity contribution in [2.24, 2.45) is 0 Å². The van der Waals surface area contributed by atoms with Gasteiger partial charge in [0.25, 0.3) is 0 Å². The topological polar surface area (TPSA) is 194 Å². The molecule has 1 heterocycles. The molecule has 0 aliphatic carbocycles. The number of carbonyl (C=O) groups excluding carboxylic acids is 1. The normalized spacial score (nSPS) is 21.0. The molecule has 0 saturated carbocycles. The molecule has 0 bridgehead atoms. The van der Waals surface area contributed by atoms with Crippen molar-refractivity contribution < 1.29 is 61.0 Å². The number of benzene rings is 3. The van der Waals surface area contributed by atoms with E-state index in [2.05, 4.69) is 19.1 Å². The second-order valence-electron chi connectivity index (χ2n) is 12.5. The van der Waals surface area contributed by atoms with Crippen molar-refractivity contribution in [2.45, 2.75) is 70.1 Å². The van der Waals surface area contributed by atoms with E-state index in [0.29, 0.717) is 18.7 Å². The third kappa shape index (κ3) is 11.8. The summed E-state index contributed by atoms with van der Waals surface area (Å²) < 4.78 is 58.4. The molecular weight excluding hydrogens is 700 g/mol. The first-order valence-electron chi connectivity index (χ1n) is 16.9. The molecule has 4 rings (SSSR count). The summed E-state index contributed by atoms with van der Waals surface area (Å²) in [6.07, 6.45) is -6.66. The molecule has 286 valence electrons. The van der Waals surface area contributed by atoms with Crippen LogP contribution in [0.2, 0.25) is 0 Å². The van der Waals surface area contributed by atoms with E-state index in [1.807, 2.05) is 38.1 Å². The molecule has 0 aromatic heterocycles. The molecule has 1 saturated heterocycles. The van der Waals surface area contributed by atoms with Crippen LogP contribution in [0.3, 0.4) is 0 Å². The van der Waals surface area contributed by atoms with Gasteiger partial charge in [0, 0.05) is 13.1 Å². The maximum absolute atomic E-state index is 13.1. The van der Waals surface area contributed by atoms with Crippen LogP contribution in [0.1, 0.15) is 43.1 Å². The van der Waals surface area contributed by atoms with Gasteiger partial charge >= 0.3 is 16.5 Å². The zero-order valence-corrected chi connectivity index (χ0v) is 30.4. The highest BCUT2D eigenvalue weighted by molar-refractivity contribution is 7.82. The zero-order chi connectivity index (χ0) is 37.8. The Hall–Kier alpha value is -4.00. The number of amides is 1. The van der Waals surface area contributed by atoms with Crippen molar-refractivity contribution >= 4 is 16.5 Å². The van der Waals surface area contributed by atoms with Crippen molar-refractivity contribution in [2.75, 3.05) is 40.5 Å². The van der Waals surface area contributed by atoms with Crippen LogP contribution in [0.15, 0.2) is 72.8 Å². The molecule has 6 atom stereocenters. The number of likely N-dealkylation sites (N-methyl/N-ethyl adjacent to an activating group) is 1. The minimum absolute atomic E-state index is 0.0210. The Bertz CT molecular complexity index is 1670. The van der Waals surface area contributed by atoms with E-state index in [9.17, 15) is 33.6 Å². The quantitative estimate of drug-likeness (QED) is 0.139. The van der Waals surface area contributed by atoms with Crippen LogP contribution in [-0.4, -0.2) is 116 Å². The summed E-state index contributed by atoms with van der Waals surface area (Å²) in [6, 6.07) is 19.5. The maximum atomic E-state index is 13.1. The number of carbonyl (C=O) groups is 1. The molecule has 1 aliphatic heterocycles. The predicted molar refractivity (Wildman–Crippen MR) is 188 cm³/mol. The summed E-state index contributed by atoms with van der Waals surface area (Å²) in [4.78, 5) is 16.5. The summed E-state index contributed by atoms with van der Waals surface area (Å²) in [5.41, 5.74) is 2.81. The molecule has 1 aliphatic rings. The van der Waals surface area contributed by atoms with Gasteiger partial charge in [0.05, 0.1) is 12.7 Å². The monoisotopic (exact) mass is 748 g/mol. The number of hydrogen-bond donors (Lipinski definition) is 4. The molecule has 3 aromatic rings. The van der Waals surface area contributed by atoms with Crippen LogP contribution < -0.4 is 13.1 Å². The van der Waals surface area contributed by atoms with Crippen LogP contribution in [0, 0.1) is 0 Å². The fourth-order valence-corrected chi connectivity index (χ4v) is 5.88. The number of nitrogens with zero attached hydrogens (tertiary/aromatic N) is 2. The van der Waals surface area contributed by atoms with Crippen LogP contribution in [0.5, 0.6) is 17.2 Å². The van der Waals surface area contributed by atoms with Crippen LogP contribution in [0.4, 0.5) is 4.79 Å². The average Bonchev–Trinajstić information content (AvgIpc) is 3.12. The Labute approximate surface area is 304 Å². The minimum atomic E-state index is -4.72. The molecule has 4 N–H and O–H groups in total. The first-order chi connectivity index (χ1) is 24.8. The van der Waals surface area contributed by atoms with E-state index in [4.69, 9.17) is 27.3 Å². The van der Waals surface area contributed by atoms with E-state index in [0.717, 1.165) is 18.4 Å². The average molecular weight is 749 g/mol. The summed E-state index contributed by atoms with van der Waals surface area (Å²) in [6.45, 7) is 4.27. The van der Waals surface area contributed by atoms with Crippen molar-refractivity contribution in [1.82, 2.24) is 9.80 Å². The number of para-hydroxylation sites is 2. The highest BCUT2D eigenvalue weighted by Gasteiger charge is 2.45. The molecule has 1 fully saturated rings. The van der Waals surface area contributed by atoms with Gasteiger partial charge in [0.15, 0.2) is 11.5 Å². The van der Waals surface area contributed by atoms with Crippen molar-refractivity contribution in [3.05, 3.63) is 89.5 Å². The summed E-state index contributed by atoms with van der Waals surface area (Å²) in [5.74, 6) is -0.623. The third-order valence-electron chi connectivity index (χ3n) is 8.13. The number of aliphatic hydroxyl groups excluding tert-OH is 4. The molecule has 1 amide bonds. The molecule has 1 unspecified atom stereocenters. The molecule has 0 radical (unpaired) electrons. The molecular formula is C36H48N2O13S. The van der Waals surface area contributed by atoms with Crippen molar-refractivity contribution in [3.8, 4) is 17.2 Å². The lowest BCUT2D eigenvalue weighted by atomic mass is 9.99. The first-order valence-corrected chi connectivity index (χ1v) is 18.2. The first kappa shape index (κ1) is 40.8. The Morgan fingerprint density at radius 2 is 1.60 bits per heavy atom. The highest BCUT2D eigenvalue weighted by Crippen LogP contribution is 2.32. The predicted octanol–water partition coefficient (Wildman–Crippen LogP) is 2.76. The third-order valence-corrected chi connectivity index (χ3v) is 8.91. The zero-order valence-electron chi connectivity index (χ0n) is 29.6. The van der Waals surface area contributed by atoms with Gasteiger partial charge in [-0.15, -0.1) is 8.42 Å². The molecule has 15 nitrogen and oxygen atoms in total. The number of aryl methyl sites for hydroxylation is 1. The van der Waals surface area contributed by atoms with Gasteiger partial charge in [-0.3, -0.25) is 4.90 Å². The smallest absolute Gasteiger partial charge is 0.458 e. The Morgan fingerprint density at radius 3 is 2.27 bits per heavy atom. The van der Waals surface area contributed by atoms with Crippen LogP contribution >= 0.6 is 0 Å². The fraction of sp³-hybridized carbons (Fsp3) is 0.472. The van der Waals surface area contributed by atoms with E-state index in [-0.39, 0.29) is 36.7 Å². The lowest BCUT2D eigenvalue weighted by Gasteiger charge is -2.39. The second kappa shape index (κ2) is 19.2. The lowest BCUT2D eigenvalue weighted by Crippen LogP contribution is -2.60. The molecule has 16 heteroatoms. The van der Waals surface area contributed by atoms with Crippen LogP contribution in [-0.2, 0) is 37.6 Å². The Balaban J connectivity index is 1.32. The molecule has 52 heavy (non-hydrogen) atoms. The molecule has 3 aromatic carbocycles. The SMILES string of the molecule is CCCc1cccc(C(C)OCN(CCN(C)C)C(=O)OCc2ccc(OS(=O)(=O)Oc3ccccc3O[C@@H]3O[C@H](CO)[C@H](O)[C@H](O)[C@H]3O)cc2)c1. The van der Waals surface area contributed by atoms with Gasteiger partial charge in [-0.1, -0.05) is 61.9 Å². The number of aliphatic hydroxyl groups is 4. The Morgan fingerprint density at radius 1 is 0.885 bits per heavy atom. The summed E-state index contributed by atoms with van der Waals surface area (Å²) >= 11 is 0. The Kier molecular flexibility index (Phi) is 15.0. The van der Waals surface area contributed by atoms with E-state index < -0.39 is 53.8 Å². The van der Waals surface area contributed by atoms with Crippen molar-refractivity contribution in [3.63, 3.8) is 0 Å². The largest absolute Gasteiger partial charge is 0.501 e. The van der Waals surface area contributed by atoms with E-state index in [1.54, 1.807) is 0 Å². The standard InChI is InChI=1S/C36H48N2O13S/c1-5-9-25-10-8-11-27(20-25)24(2)47-23-38(19-18-37(3)4)36(43)46-22-26-14-16-28(17-15-26)50-52(44,45)51-30-13-7-6-12-29(30)48-35-34(42)33(41)32(40)31(21-39)49-35/h6-8,10-17,20,24,31-35,39-42H,5,9,18-19,21-23H2,1-4H3/t24?,31-,32+,33+,34-,35-/m1/s1. The fourth-order valence-electron chi connectivity index (χ4n) is 5.15. The van der Waals surface area contributed by atoms with Gasteiger partial charge in [-0.05, 0) is 68.4 Å². The number of rotatable bonds is 18. The van der Waals surface area contributed by atoms with Gasteiger partial charge in [-0.2, -0.15) is 0 Å². The highest BCUT2D eigenvalue weighted by atomic mass is 32.3. The molecule has 0 spiro atoms. The van der Waals surface area contributed by atoms with Gasteiger partial charge in [0.1, 0.15) is 43.5 Å². The number of ether oxygens (including phenoxy) is 4. The summed E-state index contributed by atoms with van der Waals surface area (Å²) in [7, 11) is -0.923. The van der Waals surface area contributed by atoms with Gasteiger partial charge < -0.3 is 52.6 Å². The second-order valence-corrected chi connectivity index (χ2v) is 13.7. The van der Waals surface area contributed by atoms with E-state index in [1.165, 1.54) is 59.0 Å². The summed E-state index contributed by atoms with van der Waals surface area (Å²) in [5, 5.41) is 39.8. The van der Waals surface area contributed by atoms with Gasteiger partial charge in [-0.25, -0.2) is 4.79 Å². The van der Waals surface area contributed by atoms with E-state index >= 15 is 0 Å². The van der Waals surface area contributed by atoms with Crippen molar-refractivity contribution in [1.29, 1.82) is 0 Å². The minimum Gasteiger partial charge on any atom is -0.458 e.